The monoisotopic (exact) mass is 388 g/mol. The molecule has 0 radical (unpaired) electrons. The van der Waals surface area contributed by atoms with E-state index in [9.17, 15) is 9.59 Å². The highest BCUT2D eigenvalue weighted by Gasteiger charge is 2.10. The summed E-state index contributed by atoms with van der Waals surface area (Å²) < 4.78 is 0.972. The molecule has 0 aliphatic carbocycles. The van der Waals surface area contributed by atoms with Gasteiger partial charge in [0.15, 0.2) is 0 Å². The van der Waals surface area contributed by atoms with Gasteiger partial charge in [0, 0.05) is 11.1 Å². The first-order chi connectivity index (χ1) is 13.6. The van der Waals surface area contributed by atoms with Crippen LogP contribution in [0.2, 0.25) is 0 Å². The summed E-state index contributed by atoms with van der Waals surface area (Å²) in [5, 5.41) is 13.9. The molecule has 3 rings (SSSR count). The van der Waals surface area contributed by atoms with E-state index in [1.807, 2.05) is 48.5 Å². The molecule has 138 valence electrons. The number of fused-ring (bicyclic) bond motifs is 1. The van der Waals surface area contributed by atoms with Gasteiger partial charge in [-0.05, 0) is 30.3 Å². The molecule has 0 fully saturated rings. The lowest BCUT2D eigenvalue weighted by atomic mass is 10.2. The first-order valence-corrected chi connectivity index (χ1v) is 9.32. The normalized spacial score (nSPS) is 9.82. The van der Waals surface area contributed by atoms with Gasteiger partial charge in [0.1, 0.15) is 11.6 Å². The summed E-state index contributed by atoms with van der Waals surface area (Å²) in [5.74, 6) is 5.53. The van der Waals surface area contributed by atoms with E-state index in [-0.39, 0.29) is 25.4 Å². The molecule has 0 bridgehead atoms. The van der Waals surface area contributed by atoms with Gasteiger partial charge in [-0.3, -0.25) is 9.59 Å². The van der Waals surface area contributed by atoms with E-state index in [4.69, 9.17) is 5.26 Å². The zero-order valence-electron chi connectivity index (χ0n) is 14.9. The third-order valence-corrected chi connectivity index (χ3v) is 4.72. The molecule has 0 aliphatic heterocycles. The maximum atomic E-state index is 12.0. The molecule has 2 amide bonds. The molecule has 0 saturated heterocycles. The topological polar surface area (TPSA) is 94.9 Å². The molecule has 6 nitrogen and oxygen atoms in total. The van der Waals surface area contributed by atoms with E-state index < -0.39 is 5.91 Å². The fraction of sp³-hybridized carbons (Fsp3) is 0.143. The Bertz CT molecular complexity index is 1100. The van der Waals surface area contributed by atoms with Crippen LogP contribution in [0.3, 0.4) is 0 Å². The average Bonchev–Trinajstić information content (AvgIpc) is 3.11. The molecule has 0 atom stereocenters. The highest BCUT2D eigenvalue weighted by atomic mass is 32.1. The first kappa shape index (κ1) is 19.1. The molecule has 0 aliphatic rings. The molecular weight excluding hydrogens is 372 g/mol. The Labute approximate surface area is 166 Å². The molecule has 1 aromatic heterocycles. The second-order valence-electron chi connectivity index (χ2n) is 5.79. The number of nitriles is 1. The number of carbonyl (C=O) groups excluding carboxylic acids is 2. The van der Waals surface area contributed by atoms with Crippen LogP contribution in [0.5, 0.6) is 0 Å². The molecule has 3 aromatic rings. The fourth-order valence-corrected chi connectivity index (χ4v) is 3.32. The van der Waals surface area contributed by atoms with E-state index in [0.717, 1.165) is 21.3 Å². The van der Waals surface area contributed by atoms with Crippen LogP contribution in [0.4, 0.5) is 0 Å². The van der Waals surface area contributed by atoms with Gasteiger partial charge in [-0.2, -0.15) is 5.26 Å². The summed E-state index contributed by atoms with van der Waals surface area (Å²) in [6.45, 7) is -0.243. The summed E-state index contributed by atoms with van der Waals surface area (Å²) in [4.78, 5) is 27.9. The lowest BCUT2D eigenvalue weighted by Crippen LogP contribution is -2.37. The van der Waals surface area contributed by atoms with Crippen LogP contribution >= 0.6 is 11.3 Å². The Morgan fingerprint density at radius 2 is 1.79 bits per heavy atom. The maximum absolute atomic E-state index is 12.0. The average molecular weight is 388 g/mol. The number of nitrogens with zero attached hydrogens (tertiary/aromatic N) is 2. The van der Waals surface area contributed by atoms with Gasteiger partial charge >= 0.3 is 0 Å². The highest BCUT2D eigenvalue weighted by molar-refractivity contribution is 7.18. The van der Waals surface area contributed by atoms with Crippen LogP contribution in [0.25, 0.3) is 10.2 Å². The summed E-state index contributed by atoms with van der Waals surface area (Å²) >= 11 is 1.43. The van der Waals surface area contributed by atoms with Crippen molar-refractivity contribution in [2.45, 2.75) is 6.42 Å². The van der Waals surface area contributed by atoms with Crippen molar-refractivity contribution >= 4 is 33.4 Å². The Morgan fingerprint density at radius 3 is 2.57 bits per heavy atom. The van der Waals surface area contributed by atoms with Gasteiger partial charge in [0.2, 0.25) is 11.8 Å². The lowest BCUT2D eigenvalue weighted by Gasteiger charge is -2.03. The third-order valence-electron chi connectivity index (χ3n) is 3.68. The van der Waals surface area contributed by atoms with Crippen LogP contribution in [0, 0.1) is 23.2 Å². The summed E-state index contributed by atoms with van der Waals surface area (Å²) in [6.07, 6.45) is 0.0932. The maximum Gasteiger partial charge on any atom is 0.240 e. The predicted octanol–water partition coefficient (Wildman–Crippen LogP) is 1.99. The number of benzene rings is 2. The molecule has 0 saturated carbocycles. The van der Waals surface area contributed by atoms with Gasteiger partial charge in [-0.15, -0.1) is 11.3 Å². The molecule has 2 aromatic carbocycles. The number of thiazole rings is 1. The van der Waals surface area contributed by atoms with Crippen LogP contribution in [0.15, 0.2) is 48.5 Å². The SMILES string of the molecule is N#CCNC(=O)CNC(=O)Cc1nc2cc(C#Cc3ccccc3)ccc2s1. The Morgan fingerprint density at radius 1 is 1.00 bits per heavy atom. The van der Waals surface area contributed by atoms with Crippen molar-refractivity contribution in [2.24, 2.45) is 0 Å². The quantitative estimate of drug-likeness (QED) is 0.516. The summed E-state index contributed by atoms with van der Waals surface area (Å²) in [5.41, 5.74) is 2.59. The molecule has 0 spiro atoms. The number of nitrogens with one attached hydrogen (secondary N) is 2. The highest BCUT2D eigenvalue weighted by Crippen LogP contribution is 2.23. The number of carbonyl (C=O) groups is 2. The molecule has 28 heavy (non-hydrogen) atoms. The Hall–Kier alpha value is -3.68. The molecule has 1 heterocycles. The third kappa shape index (κ3) is 5.41. The minimum Gasteiger partial charge on any atom is -0.347 e. The van der Waals surface area contributed by atoms with Gasteiger partial charge < -0.3 is 10.6 Å². The van der Waals surface area contributed by atoms with Crippen LogP contribution in [-0.4, -0.2) is 29.9 Å². The van der Waals surface area contributed by atoms with E-state index >= 15 is 0 Å². The number of aromatic nitrogens is 1. The second kappa shape index (κ2) is 9.31. The Balaban J connectivity index is 1.63. The van der Waals surface area contributed by atoms with Crippen molar-refractivity contribution in [3.05, 3.63) is 64.7 Å². The number of rotatable bonds is 5. The van der Waals surface area contributed by atoms with Gasteiger partial charge in [0.25, 0.3) is 0 Å². The number of hydrogen-bond acceptors (Lipinski definition) is 5. The zero-order valence-corrected chi connectivity index (χ0v) is 15.7. The van der Waals surface area contributed by atoms with Crippen LogP contribution in [-0.2, 0) is 16.0 Å². The van der Waals surface area contributed by atoms with Crippen molar-refractivity contribution < 1.29 is 9.59 Å². The smallest absolute Gasteiger partial charge is 0.240 e. The van der Waals surface area contributed by atoms with Crippen LogP contribution < -0.4 is 10.6 Å². The van der Waals surface area contributed by atoms with E-state index in [1.54, 1.807) is 6.07 Å². The summed E-state index contributed by atoms with van der Waals surface area (Å²) in [6, 6.07) is 17.3. The fourth-order valence-electron chi connectivity index (χ4n) is 2.37. The standard InChI is InChI=1S/C21H16N4O2S/c22-10-11-23-20(27)14-24-19(26)13-21-25-17-12-16(8-9-18(17)28-21)7-6-15-4-2-1-3-5-15/h1-5,8-9,12H,11,13-14H2,(H,23,27)(H,24,26). The summed E-state index contributed by atoms with van der Waals surface area (Å²) in [7, 11) is 0. The minimum atomic E-state index is -0.402. The van der Waals surface area contributed by atoms with Crippen molar-refractivity contribution in [3.8, 4) is 17.9 Å². The van der Waals surface area contributed by atoms with Crippen LogP contribution in [0.1, 0.15) is 16.1 Å². The predicted molar refractivity (Wildman–Crippen MR) is 107 cm³/mol. The second-order valence-corrected chi connectivity index (χ2v) is 6.91. The van der Waals surface area contributed by atoms with Crippen molar-refractivity contribution in [1.29, 1.82) is 5.26 Å². The van der Waals surface area contributed by atoms with Crippen molar-refractivity contribution in [3.63, 3.8) is 0 Å². The number of amides is 2. The first-order valence-electron chi connectivity index (χ1n) is 8.51. The number of hydrogen-bond donors (Lipinski definition) is 2. The van der Waals surface area contributed by atoms with E-state index in [1.165, 1.54) is 11.3 Å². The van der Waals surface area contributed by atoms with Gasteiger partial charge in [0.05, 0.1) is 29.3 Å². The lowest BCUT2D eigenvalue weighted by molar-refractivity contribution is -0.125. The minimum absolute atomic E-state index is 0.0813. The van der Waals surface area contributed by atoms with Gasteiger partial charge in [-0.1, -0.05) is 30.0 Å². The van der Waals surface area contributed by atoms with Crippen molar-refractivity contribution in [2.75, 3.05) is 13.1 Å². The molecule has 2 N–H and O–H groups in total. The van der Waals surface area contributed by atoms with Crippen molar-refractivity contribution in [1.82, 2.24) is 15.6 Å². The molecule has 7 heteroatoms. The van der Waals surface area contributed by atoms with E-state index in [0.29, 0.717) is 5.01 Å². The zero-order chi connectivity index (χ0) is 19.8. The Kier molecular flexibility index (Phi) is 6.35. The van der Waals surface area contributed by atoms with Gasteiger partial charge in [-0.25, -0.2) is 4.98 Å². The molecule has 0 unspecified atom stereocenters. The van der Waals surface area contributed by atoms with E-state index in [2.05, 4.69) is 27.5 Å². The molecular formula is C21H16N4O2S. The largest absolute Gasteiger partial charge is 0.347 e.